The number of nitrogens with zero attached hydrogens (tertiary/aromatic N) is 5. The summed E-state index contributed by atoms with van der Waals surface area (Å²) in [6.45, 7) is 4.76. The minimum atomic E-state index is -0.0855. The van der Waals surface area contributed by atoms with E-state index in [4.69, 9.17) is 4.74 Å². The average Bonchev–Trinajstić information content (AvgIpc) is 3.22. The van der Waals surface area contributed by atoms with Crippen LogP contribution in [-0.4, -0.2) is 69.3 Å². The maximum atomic E-state index is 13.0. The Balaban J connectivity index is 1.57. The summed E-state index contributed by atoms with van der Waals surface area (Å²) in [5, 5.41) is 12.3. The van der Waals surface area contributed by atoms with Crippen molar-refractivity contribution in [3.63, 3.8) is 0 Å². The lowest BCUT2D eigenvalue weighted by Gasteiger charge is -2.50. The summed E-state index contributed by atoms with van der Waals surface area (Å²) in [7, 11) is 7.81. The van der Waals surface area contributed by atoms with Crippen LogP contribution in [0.3, 0.4) is 0 Å². The first-order chi connectivity index (χ1) is 12.8. The lowest BCUT2D eigenvalue weighted by molar-refractivity contribution is -0.0664. The molecule has 146 valence electrons. The second kappa shape index (κ2) is 6.45. The van der Waals surface area contributed by atoms with E-state index in [9.17, 15) is 4.79 Å². The number of amides is 1. The fourth-order valence-corrected chi connectivity index (χ4v) is 4.65. The molecule has 1 amide bonds. The van der Waals surface area contributed by atoms with Crippen LogP contribution >= 0.6 is 0 Å². The van der Waals surface area contributed by atoms with E-state index in [1.807, 2.05) is 52.8 Å². The molecule has 2 aromatic rings. The number of likely N-dealkylation sites (N-methyl/N-ethyl adjacent to an activating group) is 1. The van der Waals surface area contributed by atoms with Gasteiger partial charge in [0.1, 0.15) is 5.69 Å². The average molecular weight is 372 g/mol. The number of fused-ring (bicyclic) bond motifs is 1. The van der Waals surface area contributed by atoms with Gasteiger partial charge >= 0.3 is 0 Å². The molecule has 2 aromatic heterocycles. The number of rotatable bonds is 4. The predicted octanol–water partition coefficient (Wildman–Crippen LogP) is 0.885. The van der Waals surface area contributed by atoms with Crippen molar-refractivity contribution in [1.29, 1.82) is 0 Å². The number of nitrogens with one attached hydrogen (secondary N) is 1. The van der Waals surface area contributed by atoms with Gasteiger partial charge in [0.05, 0.1) is 29.6 Å². The van der Waals surface area contributed by atoms with E-state index in [-0.39, 0.29) is 24.1 Å². The SMILES string of the molecule is Cc1nn(C)c(C)c1-c1cc(C(=O)NC2C3CCOC3C2N(C)C)n(C)n1. The molecule has 0 bridgehead atoms. The summed E-state index contributed by atoms with van der Waals surface area (Å²) in [5.41, 5.74) is 4.29. The van der Waals surface area contributed by atoms with Crippen LogP contribution < -0.4 is 5.32 Å². The molecule has 1 saturated carbocycles. The third-order valence-electron chi connectivity index (χ3n) is 6.12. The highest BCUT2D eigenvalue weighted by Gasteiger charge is 2.55. The van der Waals surface area contributed by atoms with Crippen molar-refractivity contribution in [2.24, 2.45) is 20.0 Å². The number of ether oxygens (including phenoxy) is 1. The molecule has 8 heteroatoms. The summed E-state index contributed by atoms with van der Waals surface area (Å²) < 4.78 is 9.34. The van der Waals surface area contributed by atoms with Crippen molar-refractivity contribution in [2.75, 3.05) is 20.7 Å². The third-order valence-corrected chi connectivity index (χ3v) is 6.12. The number of carbonyl (C=O) groups excluding carboxylic acids is 1. The van der Waals surface area contributed by atoms with Crippen molar-refractivity contribution < 1.29 is 9.53 Å². The summed E-state index contributed by atoms with van der Waals surface area (Å²) in [4.78, 5) is 15.1. The van der Waals surface area contributed by atoms with Crippen LogP contribution in [0.5, 0.6) is 0 Å². The molecule has 4 atom stereocenters. The van der Waals surface area contributed by atoms with Gasteiger partial charge in [-0.1, -0.05) is 0 Å². The molecule has 1 saturated heterocycles. The highest BCUT2D eigenvalue weighted by atomic mass is 16.5. The van der Waals surface area contributed by atoms with Crippen molar-refractivity contribution in [3.05, 3.63) is 23.1 Å². The fourth-order valence-electron chi connectivity index (χ4n) is 4.65. The van der Waals surface area contributed by atoms with Crippen LogP contribution in [0.2, 0.25) is 0 Å². The van der Waals surface area contributed by atoms with Crippen LogP contribution in [0.4, 0.5) is 0 Å². The van der Waals surface area contributed by atoms with Crippen molar-refractivity contribution in [1.82, 2.24) is 29.8 Å². The molecule has 4 rings (SSSR count). The Kier molecular flexibility index (Phi) is 4.35. The van der Waals surface area contributed by atoms with E-state index >= 15 is 0 Å². The van der Waals surface area contributed by atoms with Crippen molar-refractivity contribution >= 4 is 5.91 Å². The summed E-state index contributed by atoms with van der Waals surface area (Å²) in [5.74, 6) is 0.314. The standard InChI is InChI=1S/C19H28N6O2/c1-10-15(11(2)24(5)21-10)13-9-14(25(6)22-13)19(26)20-16-12-7-8-27-18(12)17(16)23(3)4/h9,12,16-18H,7-8H2,1-6H3,(H,20,26). The first-order valence-corrected chi connectivity index (χ1v) is 9.43. The molecular formula is C19H28N6O2. The summed E-state index contributed by atoms with van der Waals surface area (Å²) in [6.07, 6.45) is 1.23. The zero-order valence-electron chi connectivity index (χ0n) is 16.9. The molecule has 1 aliphatic carbocycles. The highest BCUT2D eigenvalue weighted by Crippen LogP contribution is 2.41. The van der Waals surface area contributed by atoms with E-state index < -0.39 is 0 Å². The smallest absolute Gasteiger partial charge is 0.269 e. The molecule has 0 radical (unpaired) electrons. The molecule has 3 heterocycles. The molecule has 2 fully saturated rings. The van der Waals surface area contributed by atoms with Crippen LogP contribution in [0.25, 0.3) is 11.3 Å². The van der Waals surface area contributed by atoms with E-state index in [2.05, 4.69) is 20.4 Å². The van der Waals surface area contributed by atoms with Crippen LogP contribution in [0, 0.1) is 19.8 Å². The van der Waals surface area contributed by atoms with Crippen LogP contribution in [0.15, 0.2) is 6.07 Å². The minimum Gasteiger partial charge on any atom is -0.376 e. The fraction of sp³-hybridized carbons (Fsp3) is 0.632. The van der Waals surface area contributed by atoms with E-state index in [1.165, 1.54) is 0 Å². The zero-order chi connectivity index (χ0) is 19.5. The number of carbonyl (C=O) groups is 1. The second-order valence-electron chi connectivity index (χ2n) is 7.95. The molecule has 1 N–H and O–H groups in total. The lowest BCUT2D eigenvalue weighted by atomic mass is 9.71. The van der Waals surface area contributed by atoms with Gasteiger partial charge in [-0.05, 0) is 40.4 Å². The maximum Gasteiger partial charge on any atom is 0.269 e. The highest BCUT2D eigenvalue weighted by molar-refractivity contribution is 5.94. The molecule has 0 aromatic carbocycles. The molecule has 1 aliphatic heterocycles. The van der Waals surface area contributed by atoms with Crippen molar-refractivity contribution in [2.45, 2.75) is 38.5 Å². The van der Waals surface area contributed by atoms with Gasteiger partial charge in [-0.2, -0.15) is 10.2 Å². The second-order valence-corrected chi connectivity index (χ2v) is 7.95. The minimum absolute atomic E-state index is 0.0855. The quantitative estimate of drug-likeness (QED) is 0.862. The molecule has 8 nitrogen and oxygen atoms in total. The maximum absolute atomic E-state index is 13.0. The van der Waals surface area contributed by atoms with Gasteiger partial charge in [0, 0.05) is 37.9 Å². The van der Waals surface area contributed by atoms with E-state index in [0.29, 0.717) is 11.6 Å². The van der Waals surface area contributed by atoms with Gasteiger partial charge in [0.2, 0.25) is 0 Å². The number of aromatic nitrogens is 4. The monoisotopic (exact) mass is 372 g/mol. The van der Waals surface area contributed by atoms with E-state index in [1.54, 1.807) is 4.68 Å². The number of hydrogen-bond donors (Lipinski definition) is 1. The van der Waals surface area contributed by atoms with Crippen LogP contribution in [-0.2, 0) is 18.8 Å². The van der Waals surface area contributed by atoms with Gasteiger partial charge in [-0.25, -0.2) is 0 Å². The van der Waals surface area contributed by atoms with Gasteiger partial charge < -0.3 is 15.0 Å². The molecule has 27 heavy (non-hydrogen) atoms. The molecule has 2 aliphatic rings. The molecule has 4 unspecified atom stereocenters. The molecular weight excluding hydrogens is 344 g/mol. The predicted molar refractivity (Wildman–Crippen MR) is 101 cm³/mol. The summed E-state index contributed by atoms with van der Waals surface area (Å²) >= 11 is 0. The van der Waals surface area contributed by atoms with Gasteiger partial charge in [0.15, 0.2) is 0 Å². The Labute approximate surface area is 159 Å². The van der Waals surface area contributed by atoms with Crippen molar-refractivity contribution in [3.8, 4) is 11.3 Å². The Bertz CT molecular complexity index is 883. The summed E-state index contributed by atoms with van der Waals surface area (Å²) in [6, 6.07) is 2.19. The Morgan fingerprint density at radius 1 is 1.26 bits per heavy atom. The number of aryl methyl sites for hydroxylation is 3. The zero-order valence-corrected chi connectivity index (χ0v) is 16.9. The first-order valence-electron chi connectivity index (χ1n) is 9.43. The Morgan fingerprint density at radius 2 is 2.00 bits per heavy atom. The van der Waals surface area contributed by atoms with Crippen LogP contribution in [0.1, 0.15) is 28.3 Å². The third kappa shape index (κ3) is 2.78. The van der Waals surface area contributed by atoms with E-state index in [0.717, 1.165) is 35.7 Å². The number of hydrogen-bond acceptors (Lipinski definition) is 5. The first kappa shape index (κ1) is 18.2. The lowest BCUT2D eigenvalue weighted by Crippen LogP contribution is -2.69. The van der Waals surface area contributed by atoms with Gasteiger partial charge in [0.25, 0.3) is 5.91 Å². The Morgan fingerprint density at radius 3 is 2.63 bits per heavy atom. The Hall–Kier alpha value is -2.19. The topological polar surface area (TPSA) is 77.2 Å². The van der Waals surface area contributed by atoms with Gasteiger partial charge in [-0.15, -0.1) is 0 Å². The van der Waals surface area contributed by atoms with Gasteiger partial charge in [-0.3, -0.25) is 14.2 Å². The largest absolute Gasteiger partial charge is 0.376 e. The normalized spacial score (nSPS) is 26.9. The molecule has 0 spiro atoms.